The van der Waals surface area contributed by atoms with E-state index in [2.05, 4.69) is 31.2 Å². The zero-order valence-electron chi connectivity index (χ0n) is 11.9. The van der Waals surface area contributed by atoms with E-state index in [0.717, 1.165) is 12.0 Å². The summed E-state index contributed by atoms with van der Waals surface area (Å²) < 4.78 is 1.81. The molecule has 0 N–H and O–H groups in total. The van der Waals surface area contributed by atoms with Crippen LogP contribution in [0.4, 0.5) is 0 Å². The second-order valence-corrected chi connectivity index (χ2v) is 5.94. The Morgan fingerprint density at radius 2 is 2.00 bits per heavy atom. The normalized spacial score (nSPS) is 12.2. The van der Waals surface area contributed by atoms with Crippen molar-refractivity contribution in [1.29, 1.82) is 0 Å². The maximum absolute atomic E-state index is 12.1. The third kappa shape index (κ3) is 4.36. The Labute approximate surface area is 145 Å². The molecular weight excluding hydrogens is 329 g/mol. The fraction of sp³-hybridized carbons (Fsp3) is 0.400. The summed E-state index contributed by atoms with van der Waals surface area (Å²) in [5.74, 6) is 0.191. The fourth-order valence-corrected chi connectivity index (χ4v) is 2.42. The van der Waals surface area contributed by atoms with Crippen molar-refractivity contribution < 1.29 is 50.3 Å². The maximum atomic E-state index is 12.1. The van der Waals surface area contributed by atoms with Crippen LogP contribution in [0.2, 0.25) is 0 Å². The molecule has 1 aliphatic carbocycles. The van der Waals surface area contributed by atoms with Gasteiger partial charge in [-0.15, -0.1) is 0 Å². The second kappa shape index (κ2) is 8.24. The van der Waals surface area contributed by atoms with E-state index < -0.39 is 0 Å². The Morgan fingerprint density at radius 1 is 1.35 bits per heavy atom. The Bertz CT molecular complexity index is 515. The van der Waals surface area contributed by atoms with Gasteiger partial charge in [-0.25, -0.2) is 0 Å². The fourth-order valence-electron chi connectivity index (χ4n) is 2.29. The van der Waals surface area contributed by atoms with Gasteiger partial charge in [-0.2, -0.15) is 0 Å². The van der Waals surface area contributed by atoms with E-state index in [1.807, 2.05) is 37.9 Å². The Hall–Kier alpha value is -0.276. The first-order valence-corrected chi connectivity index (χ1v) is 7.00. The van der Waals surface area contributed by atoms with Crippen LogP contribution in [0.15, 0.2) is 23.8 Å². The van der Waals surface area contributed by atoms with Gasteiger partial charge < -0.3 is 24.8 Å². The number of hydrogen-bond donors (Lipinski definition) is 0. The SMILES string of the molecule is CC1=Cc2c(CC(=O)[N]([Ti+2])C(C)C)cccc2C1.[Cl-].[Cl-]. The van der Waals surface area contributed by atoms with Crippen LogP contribution in [0, 0.1) is 0 Å². The molecule has 1 aromatic rings. The molecule has 0 fully saturated rings. The van der Waals surface area contributed by atoms with Crippen molar-refractivity contribution in [2.24, 2.45) is 0 Å². The van der Waals surface area contributed by atoms with Crippen molar-refractivity contribution in [3.05, 3.63) is 40.5 Å². The first-order chi connectivity index (χ1) is 8.49. The molecule has 0 heterocycles. The van der Waals surface area contributed by atoms with Crippen molar-refractivity contribution in [3.63, 3.8) is 0 Å². The number of carbonyl (C=O) groups is 1. The van der Waals surface area contributed by atoms with E-state index in [1.54, 1.807) is 0 Å². The second-order valence-electron chi connectivity index (χ2n) is 5.19. The largest absolute Gasteiger partial charge is 1.00 e. The summed E-state index contributed by atoms with van der Waals surface area (Å²) >= 11 is 1.87. The van der Waals surface area contributed by atoms with Gasteiger partial charge in [0.15, 0.2) is 0 Å². The van der Waals surface area contributed by atoms with E-state index in [4.69, 9.17) is 0 Å². The summed E-state index contributed by atoms with van der Waals surface area (Å²) in [6.07, 6.45) is 3.74. The van der Waals surface area contributed by atoms with E-state index >= 15 is 0 Å². The molecule has 20 heavy (non-hydrogen) atoms. The standard InChI is InChI=1S/C15H19NO.2ClH.Ti/c1-10(2)16-15(17)9-13-6-4-5-12-7-11(3)8-14(12)13;;;/h4-6,8,10H,7,9H2,1-3H3,(H,16,17);2*1H;/q;;;+3/p-3. The molecule has 1 aliphatic rings. The number of amides is 1. The van der Waals surface area contributed by atoms with Crippen molar-refractivity contribution in [3.8, 4) is 0 Å². The summed E-state index contributed by atoms with van der Waals surface area (Å²) in [4.78, 5) is 12.1. The van der Waals surface area contributed by atoms with E-state index in [0.29, 0.717) is 6.42 Å². The van der Waals surface area contributed by atoms with Crippen molar-refractivity contribution in [1.82, 2.24) is 3.38 Å². The summed E-state index contributed by atoms with van der Waals surface area (Å²) in [5, 5.41) is 0. The van der Waals surface area contributed by atoms with Crippen molar-refractivity contribution in [2.45, 2.75) is 39.7 Å². The summed E-state index contributed by atoms with van der Waals surface area (Å²) in [6, 6.07) is 6.54. The molecule has 1 aromatic carbocycles. The van der Waals surface area contributed by atoms with Gasteiger partial charge in [-0.05, 0) is 0 Å². The van der Waals surface area contributed by atoms with Gasteiger partial charge in [-0.3, -0.25) is 0 Å². The number of hydrogen-bond acceptors (Lipinski definition) is 1. The van der Waals surface area contributed by atoms with Crippen LogP contribution in [-0.2, 0) is 38.3 Å². The minimum atomic E-state index is 0. The van der Waals surface area contributed by atoms with Crippen LogP contribution in [0.25, 0.3) is 6.08 Å². The summed E-state index contributed by atoms with van der Waals surface area (Å²) in [5.41, 5.74) is 5.15. The summed E-state index contributed by atoms with van der Waals surface area (Å²) in [7, 11) is 0. The molecule has 1 amide bonds. The van der Waals surface area contributed by atoms with Gasteiger partial charge in [-0.1, -0.05) is 0 Å². The average Bonchev–Trinajstić information content (AvgIpc) is 2.69. The molecule has 0 aliphatic heterocycles. The van der Waals surface area contributed by atoms with Crippen LogP contribution in [0.1, 0.15) is 37.5 Å². The molecule has 0 spiro atoms. The van der Waals surface area contributed by atoms with E-state index in [-0.39, 0.29) is 36.8 Å². The Morgan fingerprint density at radius 3 is 2.60 bits per heavy atom. The maximum Gasteiger partial charge on any atom is -1.00 e. The molecule has 2 rings (SSSR count). The summed E-state index contributed by atoms with van der Waals surface area (Å²) in [6.45, 7) is 6.22. The van der Waals surface area contributed by atoms with E-state index in [1.165, 1.54) is 16.7 Å². The number of halogens is 2. The van der Waals surface area contributed by atoms with Gasteiger partial charge in [0.1, 0.15) is 0 Å². The van der Waals surface area contributed by atoms with E-state index in [9.17, 15) is 4.79 Å². The van der Waals surface area contributed by atoms with Crippen LogP contribution in [0.5, 0.6) is 0 Å². The first-order valence-electron chi connectivity index (χ1n) is 6.30. The molecule has 107 valence electrons. The third-order valence-electron chi connectivity index (χ3n) is 3.27. The monoisotopic (exact) mass is 346 g/mol. The number of allylic oxidation sites excluding steroid dienone is 1. The minimum Gasteiger partial charge on any atom is -1.00 e. The average molecular weight is 347 g/mol. The van der Waals surface area contributed by atoms with Crippen LogP contribution in [0.3, 0.4) is 0 Å². The molecule has 2 nitrogen and oxygen atoms in total. The number of benzene rings is 1. The topological polar surface area (TPSA) is 20.3 Å². The predicted octanol–water partition coefficient (Wildman–Crippen LogP) is -3.10. The molecule has 0 aromatic heterocycles. The van der Waals surface area contributed by atoms with Crippen molar-refractivity contribution in [2.75, 3.05) is 0 Å². The number of nitrogens with zero attached hydrogens (tertiary/aromatic N) is 1. The van der Waals surface area contributed by atoms with Gasteiger partial charge >= 0.3 is 121 Å². The Kier molecular flexibility index (Phi) is 8.12. The van der Waals surface area contributed by atoms with Crippen LogP contribution < -0.4 is 24.8 Å². The molecule has 0 saturated heterocycles. The van der Waals surface area contributed by atoms with Crippen LogP contribution in [-0.4, -0.2) is 15.3 Å². The van der Waals surface area contributed by atoms with Crippen molar-refractivity contribution >= 4 is 12.0 Å². The zero-order valence-corrected chi connectivity index (χ0v) is 15.0. The molecule has 0 bridgehead atoms. The number of fused-ring (bicyclic) bond motifs is 1. The minimum absolute atomic E-state index is 0. The van der Waals surface area contributed by atoms with Gasteiger partial charge in [0.05, 0.1) is 0 Å². The van der Waals surface area contributed by atoms with Crippen LogP contribution >= 0.6 is 0 Å². The molecule has 0 atom stereocenters. The third-order valence-corrected chi connectivity index (χ3v) is 4.47. The quantitative estimate of drug-likeness (QED) is 0.531. The van der Waals surface area contributed by atoms with Gasteiger partial charge in [0.2, 0.25) is 0 Å². The number of carbonyl (C=O) groups excluding carboxylic acids is 1. The van der Waals surface area contributed by atoms with Gasteiger partial charge in [0, 0.05) is 0 Å². The molecule has 5 heteroatoms. The zero-order chi connectivity index (χ0) is 13.3. The smallest absolute Gasteiger partial charge is 1.00 e. The Balaban J connectivity index is 0.00000180. The molecule has 0 saturated carbocycles. The first kappa shape index (κ1) is 19.7. The molecule has 0 radical (unpaired) electrons. The molecule has 0 unspecified atom stereocenters. The molecular formula is C15H18Cl2NOTi. The predicted molar refractivity (Wildman–Crippen MR) is 69.5 cm³/mol. The number of rotatable bonds is 3. The van der Waals surface area contributed by atoms with Gasteiger partial charge in [0.25, 0.3) is 0 Å².